The molecule has 1 aromatic rings. The van der Waals surface area contributed by atoms with Crippen LogP contribution in [0.1, 0.15) is 38.5 Å². The van der Waals surface area contributed by atoms with Crippen LogP contribution in [-0.2, 0) is 6.42 Å². The summed E-state index contributed by atoms with van der Waals surface area (Å²) in [7, 11) is 0. The molecule has 1 aromatic heterocycles. The van der Waals surface area contributed by atoms with Crippen LogP contribution in [0.4, 0.5) is 0 Å². The summed E-state index contributed by atoms with van der Waals surface area (Å²) in [6.07, 6.45) is 3.74. The van der Waals surface area contributed by atoms with Crippen LogP contribution in [-0.4, -0.2) is 12.6 Å². The molecule has 0 bridgehead atoms. The zero-order valence-electron chi connectivity index (χ0n) is 10.7. The van der Waals surface area contributed by atoms with Gasteiger partial charge in [-0.1, -0.05) is 20.8 Å². The topological polar surface area (TPSA) is 12.0 Å². The summed E-state index contributed by atoms with van der Waals surface area (Å²) in [5.74, 6) is 0.793. The van der Waals surface area contributed by atoms with E-state index in [0.29, 0.717) is 6.04 Å². The van der Waals surface area contributed by atoms with Crippen LogP contribution in [0.5, 0.6) is 0 Å². The maximum Gasteiger partial charge on any atom is 0.0843 e. The van der Waals surface area contributed by atoms with Gasteiger partial charge in [-0.05, 0) is 69.7 Å². The summed E-state index contributed by atoms with van der Waals surface area (Å²) in [4.78, 5) is 1.47. The normalized spacial score (nSPS) is 13.3. The monoisotopic (exact) mass is 381 g/mol. The highest BCUT2D eigenvalue weighted by molar-refractivity contribution is 9.13. The number of rotatable bonds is 7. The van der Waals surface area contributed by atoms with Gasteiger partial charge in [0.05, 0.1) is 3.79 Å². The van der Waals surface area contributed by atoms with Crippen molar-refractivity contribution in [2.24, 2.45) is 5.92 Å². The van der Waals surface area contributed by atoms with Crippen molar-refractivity contribution in [3.63, 3.8) is 0 Å². The van der Waals surface area contributed by atoms with Gasteiger partial charge in [-0.15, -0.1) is 11.3 Å². The second-order valence-corrected chi connectivity index (χ2v) is 8.18. The van der Waals surface area contributed by atoms with E-state index in [1.807, 2.05) is 11.3 Å². The summed E-state index contributed by atoms with van der Waals surface area (Å²) in [5, 5.41) is 3.48. The fourth-order valence-electron chi connectivity index (χ4n) is 1.67. The van der Waals surface area contributed by atoms with Gasteiger partial charge in [0.2, 0.25) is 0 Å². The molecule has 0 aliphatic carbocycles. The molecule has 0 amide bonds. The third kappa shape index (κ3) is 6.37. The Bertz CT molecular complexity index is 317. The minimum atomic E-state index is 0.603. The predicted octanol–water partition coefficient (Wildman–Crippen LogP) is 5.23. The minimum Gasteiger partial charge on any atom is -0.315 e. The summed E-state index contributed by atoms with van der Waals surface area (Å²) in [6.45, 7) is 7.88. The molecule has 1 heterocycles. The van der Waals surface area contributed by atoms with Gasteiger partial charge in [-0.3, -0.25) is 0 Å². The molecule has 0 saturated heterocycles. The Morgan fingerprint density at radius 3 is 2.47 bits per heavy atom. The molecule has 17 heavy (non-hydrogen) atoms. The van der Waals surface area contributed by atoms with E-state index in [1.165, 1.54) is 32.4 Å². The average Bonchev–Trinajstić information content (AvgIpc) is 2.55. The fraction of sp³-hybridized carbons (Fsp3) is 0.692. The van der Waals surface area contributed by atoms with Crippen molar-refractivity contribution in [2.75, 3.05) is 6.54 Å². The molecule has 1 atom stereocenters. The van der Waals surface area contributed by atoms with Crippen molar-refractivity contribution >= 4 is 43.2 Å². The quantitative estimate of drug-likeness (QED) is 0.680. The Morgan fingerprint density at radius 2 is 1.94 bits per heavy atom. The molecule has 1 nitrogen and oxygen atoms in total. The van der Waals surface area contributed by atoms with Gasteiger partial charge < -0.3 is 5.32 Å². The van der Waals surface area contributed by atoms with Gasteiger partial charge in [0.25, 0.3) is 0 Å². The molecule has 1 N–H and O–H groups in total. The smallest absolute Gasteiger partial charge is 0.0843 e. The summed E-state index contributed by atoms with van der Waals surface area (Å²) in [6, 6.07) is 2.83. The molecule has 1 rings (SSSR count). The Balaban J connectivity index is 2.21. The van der Waals surface area contributed by atoms with Crippen LogP contribution < -0.4 is 5.32 Å². The molecular formula is C13H21Br2NS. The molecule has 0 radical (unpaired) electrons. The van der Waals surface area contributed by atoms with Crippen molar-refractivity contribution in [2.45, 2.75) is 46.1 Å². The molecule has 4 heteroatoms. The standard InChI is InChI=1S/C13H21Br2NS/c1-9(2)16-7-6-10(3)4-5-11-8-12(14)13(15)17-11/h8-10,16H,4-7H2,1-3H3. The molecule has 0 aliphatic heterocycles. The Hall–Kier alpha value is 0.620. The van der Waals surface area contributed by atoms with E-state index in [-0.39, 0.29) is 0 Å². The van der Waals surface area contributed by atoms with Crippen molar-refractivity contribution in [1.29, 1.82) is 0 Å². The Kier molecular flexibility index (Phi) is 7.31. The van der Waals surface area contributed by atoms with Crippen LogP contribution in [0.15, 0.2) is 14.3 Å². The van der Waals surface area contributed by atoms with Crippen LogP contribution >= 0.6 is 43.2 Å². The lowest BCUT2D eigenvalue weighted by Crippen LogP contribution is -2.24. The molecule has 98 valence electrons. The number of halogens is 2. The highest BCUT2D eigenvalue weighted by Gasteiger charge is 2.07. The highest BCUT2D eigenvalue weighted by atomic mass is 79.9. The SMILES string of the molecule is CC(CCNC(C)C)CCc1cc(Br)c(Br)s1. The molecule has 0 spiro atoms. The van der Waals surface area contributed by atoms with E-state index in [1.54, 1.807) is 0 Å². The van der Waals surface area contributed by atoms with Crippen molar-refractivity contribution in [3.05, 3.63) is 19.2 Å². The lowest BCUT2D eigenvalue weighted by Gasteiger charge is -2.13. The average molecular weight is 383 g/mol. The van der Waals surface area contributed by atoms with Crippen molar-refractivity contribution < 1.29 is 0 Å². The van der Waals surface area contributed by atoms with Gasteiger partial charge in [0.15, 0.2) is 0 Å². The number of hydrogen-bond donors (Lipinski definition) is 1. The molecule has 0 saturated carbocycles. The van der Waals surface area contributed by atoms with Crippen molar-refractivity contribution in [3.8, 4) is 0 Å². The lowest BCUT2D eigenvalue weighted by atomic mass is 10.0. The third-order valence-electron chi connectivity index (χ3n) is 2.77. The van der Waals surface area contributed by atoms with E-state index in [4.69, 9.17) is 0 Å². The highest BCUT2D eigenvalue weighted by Crippen LogP contribution is 2.33. The van der Waals surface area contributed by atoms with Crippen LogP contribution in [0.3, 0.4) is 0 Å². The Morgan fingerprint density at radius 1 is 1.24 bits per heavy atom. The molecule has 1 unspecified atom stereocenters. The molecule has 0 aromatic carbocycles. The molecule has 0 fully saturated rings. The predicted molar refractivity (Wildman–Crippen MR) is 85.0 cm³/mol. The van der Waals surface area contributed by atoms with Crippen LogP contribution in [0.25, 0.3) is 0 Å². The zero-order chi connectivity index (χ0) is 12.8. The first-order valence-electron chi connectivity index (χ1n) is 6.16. The number of hydrogen-bond acceptors (Lipinski definition) is 2. The third-order valence-corrected chi connectivity index (χ3v) is 6.09. The van der Waals surface area contributed by atoms with Gasteiger partial charge in [-0.2, -0.15) is 0 Å². The van der Waals surface area contributed by atoms with Gasteiger partial charge in [0.1, 0.15) is 0 Å². The number of aryl methyl sites for hydroxylation is 1. The van der Waals surface area contributed by atoms with Crippen LogP contribution in [0.2, 0.25) is 0 Å². The Labute approximate surface area is 126 Å². The van der Waals surface area contributed by atoms with Gasteiger partial charge in [-0.25, -0.2) is 0 Å². The number of thiophene rings is 1. The minimum absolute atomic E-state index is 0.603. The van der Waals surface area contributed by atoms with E-state index in [9.17, 15) is 0 Å². The fourth-order valence-corrected chi connectivity index (χ4v) is 3.86. The summed E-state index contributed by atoms with van der Waals surface area (Å²) < 4.78 is 2.40. The molecule has 0 aliphatic rings. The zero-order valence-corrected chi connectivity index (χ0v) is 14.7. The van der Waals surface area contributed by atoms with Gasteiger partial charge >= 0.3 is 0 Å². The first kappa shape index (κ1) is 15.7. The summed E-state index contributed by atoms with van der Waals surface area (Å²) in [5.41, 5.74) is 0. The van der Waals surface area contributed by atoms with E-state index < -0.39 is 0 Å². The lowest BCUT2D eigenvalue weighted by molar-refractivity contribution is 0.455. The van der Waals surface area contributed by atoms with Gasteiger partial charge in [0, 0.05) is 15.4 Å². The van der Waals surface area contributed by atoms with E-state index in [2.05, 4.69) is 64.0 Å². The molecular weight excluding hydrogens is 362 g/mol. The second kappa shape index (κ2) is 7.93. The maximum absolute atomic E-state index is 3.54. The number of nitrogens with one attached hydrogen (secondary N) is 1. The van der Waals surface area contributed by atoms with E-state index in [0.717, 1.165) is 12.5 Å². The van der Waals surface area contributed by atoms with E-state index >= 15 is 0 Å². The van der Waals surface area contributed by atoms with Crippen LogP contribution in [0, 0.1) is 5.92 Å². The second-order valence-electron chi connectivity index (χ2n) is 4.88. The first-order chi connectivity index (χ1) is 7.99. The largest absolute Gasteiger partial charge is 0.315 e. The first-order valence-corrected chi connectivity index (χ1v) is 8.56. The van der Waals surface area contributed by atoms with Crippen molar-refractivity contribution in [1.82, 2.24) is 5.32 Å². The maximum atomic E-state index is 3.54. The summed E-state index contributed by atoms with van der Waals surface area (Å²) >= 11 is 8.92.